The first kappa shape index (κ1) is 13.0. The monoisotopic (exact) mass is 271 g/mol. The van der Waals surface area contributed by atoms with Crippen LogP contribution in [0.25, 0.3) is 0 Å². The predicted molar refractivity (Wildman–Crippen MR) is 78.7 cm³/mol. The molecule has 3 rings (SSSR count). The van der Waals surface area contributed by atoms with Crippen LogP contribution in [-0.4, -0.2) is 6.61 Å². The fourth-order valence-electron chi connectivity index (χ4n) is 2.62. The van der Waals surface area contributed by atoms with Gasteiger partial charge in [-0.2, -0.15) is 0 Å². The third-order valence-corrected chi connectivity index (χ3v) is 3.69. The molecule has 3 heteroatoms. The summed E-state index contributed by atoms with van der Waals surface area (Å²) in [6, 6.07) is 13.1. The Bertz CT molecular complexity index is 612. The van der Waals surface area contributed by atoms with Gasteiger partial charge in [0.25, 0.3) is 0 Å². The van der Waals surface area contributed by atoms with Gasteiger partial charge in [-0.3, -0.25) is 0 Å². The number of rotatable bonds is 4. The molecule has 0 saturated carbocycles. The topological polar surface area (TPSA) is 21.3 Å². The van der Waals surface area contributed by atoms with Crippen LogP contribution in [0.3, 0.4) is 0 Å². The van der Waals surface area contributed by atoms with Crippen LogP contribution in [0.15, 0.2) is 42.5 Å². The average Bonchev–Trinajstić information content (AvgIpc) is 2.92. The van der Waals surface area contributed by atoms with Crippen LogP contribution in [0.5, 0.6) is 5.75 Å². The Morgan fingerprint density at radius 2 is 2.15 bits per heavy atom. The van der Waals surface area contributed by atoms with E-state index in [9.17, 15) is 4.39 Å². The molecule has 2 aromatic rings. The molecule has 0 aliphatic carbocycles. The van der Waals surface area contributed by atoms with Crippen molar-refractivity contribution in [3.63, 3.8) is 0 Å². The molecule has 104 valence electrons. The van der Waals surface area contributed by atoms with Crippen molar-refractivity contribution in [2.75, 3.05) is 11.9 Å². The highest BCUT2D eigenvalue weighted by atomic mass is 19.1. The van der Waals surface area contributed by atoms with E-state index in [1.54, 1.807) is 12.1 Å². The molecular formula is C17H18FNO. The average molecular weight is 271 g/mol. The number of hydrogen-bond donors (Lipinski definition) is 1. The Labute approximate surface area is 118 Å². The lowest BCUT2D eigenvalue weighted by atomic mass is 10.0. The van der Waals surface area contributed by atoms with Crippen molar-refractivity contribution >= 4 is 5.69 Å². The minimum Gasteiger partial charge on any atom is -0.493 e. The van der Waals surface area contributed by atoms with E-state index < -0.39 is 0 Å². The van der Waals surface area contributed by atoms with Gasteiger partial charge < -0.3 is 10.1 Å². The minimum absolute atomic E-state index is 0.117. The van der Waals surface area contributed by atoms with Crippen molar-refractivity contribution in [3.8, 4) is 5.75 Å². The molecule has 1 aliphatic rings. The number of benzene rings is 2. The summed E-state index contributed by atoms with van der Waals surface area (Å²) >= 11 is 0. The van der Waals surface area contributed by atoms with Crippen LogP contribution in [0.1, 0.15) is 30.5 Å². The van der Waals surface area contributed by atoms with Gasteiger partial charge in [-0.15, -0.1) is 0 Å². The highest BCUT2D eigenvalue weighted by Crippen LogP contribution is 2.30. The molecule has 20 heavy (non-hydrogen) atoms. The maximum Gasteiger partial charge on any atom is 0.123 e. The molecule has 0 spiro atoms. The lowest BCUT2D eigenvalue weighted by Gasteiger charge is -2.19. The van der Waals surface area contributed by atoms with E-state index in [1.165, 1.54) is 11.6 Å². The number of fused-ring (bicyclic) bond motifs is 1. The van der Waals surface area contributed by atoms with E-state index in [-0.39, 0.29) is 11.9 Å². The summed E-state index contributed by atoms with van der Waals surface area (Å²) in [5.74, 6) is 0.791. The Kier molecular flexibility index (Phi) is 3.59. The lowest BCUT2D eigenvalue weighted by Crippen LogP contribution is -2.10. The number of anilines is 1. The van der Waals surface area contributed by atoms with E-state index in [1.807, 2.05) is 18.2 Å². The van der Waals surface area contributed by atoms with Crippen molar-refractivity contribution in [3.05, 3.63) is 59.4 Å². The quantitative estimate of drug-likeness (QED) is 0.894. The van der Waals surface area contributed by atoms with Crippen LogP contribution in [-0.2, 0) is 6.42 Å². The van der Waals surface area contributed by atoms with Crippen LogP contribution >= 0.6 is 0 Å². The molecule has 0 radical (unpaired) electrons. The zero-order valence-corrected chi connectivity index (χ0v) is 11.5. The zero-order chi connectivity index (χ0) is 13.9. The highest BCUT2D eigenvalue weighted by molar-refractivity contribution is 5.53. The summed E-state index contributed by atoms with van der Waals surface area (Å²) in [7, 11) is 0. The van der Waals surface area contributed by atoms with Gasteiger partial charge in [0, 0.05) is 12.1 Å². The van der Waals surface area contributed by atoms with E-state index in [0.29, 0.717) is 0 Å². The van der Waals surface area contributed by atoms with Gasteiger partial charge in [-0.25, -0.2) is 4.39 Å². The summed E-state index contributed by atoms with van der Waals surface area (Å²) in [5, 5.41) is 3.48. The molecular weight excluding hydrogens is 253 g/mol. The molecule has 2 nitrogen and oxygen atoms in total. The highest BCUT2D eigenvalue weighted by Gasteiger charge is 2.14. The number of nitrogens with one attached hydrogen (secondary N) is 1. The molecule has 0 saturated heterocycles. The first-order valence-corrected chi connectivity index (χ1v) is 7.04. The summed E-state index contributed by atoms with van der Waals surface area (Å²) in [5.41, 5.74) is 3.28. The third kappa shape index (κ3) is 2.62. The van der Waals surface area contributed by atoms with E-state index in [4.69, 9.17) is 4.74 Å². The SMILES string of the molecule is CCC(Nc1ccc2c(c1)CCO2)c1cccc(F)c1. The van der Waals surface area contributed by atoms with Crippen molar-refractivity contribution in [1.82, 2.24) is 0 Å². The second kappa shape index (κ2) is 5.53. The van der Waals surface area contributed by atoms with Crippen molar-refractivity contribution in [2.45, 2.75) is 25.8 Å². The predicted octanol–water partition coefficient (Wildman–Crippen LogP) is 4.32. The van der Waals surface area contributed by atoms with Gasteiger partial charge in [0.05, 0.1) is 12.6 Å². The standard InChI is InChI=1S/C17H18FNO/c1-2-16(12-4-3-5-14(18)10-12)19-15-6-7-17-13(11-15)8-9-20-17/h3-7,10-11,16,19H,2,8-9H2,1H3. The summed E-state index contributed by atoms with van der Waals surface area (Å²) in [4.78, 5) is 0. The Hall–Kier alpha value is -2.03. The Morgan fingerprint density at radius 3 is 2.95 bits per heavy atom. The number of ether oxygens (including phenoxy) is 1. The zero-order valence-electron chi connectivity index (χ0n) is 11.5. The minimum atomic E-state index is -0.190. The summed E-state index contributed by atoms with van der Waals surface area (Å²) in [6.07, 6.45) is 1.86. The molecule has 1 aliphatic heterocycles. The van der Waals surface area contributed by atoms with Gasteiger partial charge >= 0.3 is 0 Å². The van der Waals surface area contributed by atoms with Gasteiger partial charge in [0.15, 0.2) is 0 Å². The van der Waals surface area contributed by atoms with E-state index in [2.05, 4.69) is 18.3 Å². The number of hydrogen-bond acceptors (Lipinski definition) is 2. The van der Waals surface area contributed by atoms with Crippen LogP contribution < -0.4 is 10.1 Å². The Morgan fingerprint density at radius 1 is 1.25 bits per heavy atom. The second-order valence-electron chi connectivity index (χ2n) is 5.08. The molecule has 2 aromatic carbocycles. The lowest BCUT2D eigenvalue weighted by molar-refractivity contribution is 0.357. The molecule has 1 heterocycles. The second-order valence-corrected chi connectivity index (χ2v) is 5.08. The molecule has 1 N–H and O–H groups in total. The Balaban J connectivity index is 1.81. The van der Waals surface area contributed by atoms with Gasteiger partial charge in [-0.05, 0) is 47.9 Å². The van der Waals surface area contributed by atoms with E-state index in [0.717, 1.165) is 36.4 Å². The van der Waals surface area contributed by atoms with Gasteiger partial charge in [-0.1, -0.05) is 19.1 Å². The molecule has 1 unspecified atom stereocenters. The molecule has 0 amide bonds. The first-order valence-electron chi connectivity index (χ1n) is 7.04. The fourth-order valence-corrected chi connectivity index (χ4v) is 2.62. The van der Waals surface area contributed by atoms with Crippen LogP contribution in [0, 0.1) is 5.82 Å². The number of halogens is 1. The van der Waals surface area contributed by atoms with Crippen molar-refractivity contribution in [2.24, 2.45) is 0 Å². The summed E-state index contributed by atoms with van der Waals surface area (Å²) in [6.45, 7) is 2.86. The largest absolute Gasteiger partial charge is 0.493 e. The smallest absolute Gasteiger partial charge is 0.123 e. The van der Waals surface area contributed by atoms with Crippen LogP contribution in [0.4, 0.5) is 10.1 Å². The first-order chi connectivity index (χ1) is 9.76. The maximum absolute atomic E-state index is 13.3. The van der Waals surface area contributed by atoms with Crippen molar-refractivity contribution < 1.29 is 9.13 Å². The van der Waals surface area contributed by atoms with Crippen LogP contribution in [0.2, 0.25) is 0 Å². The fraction of sp³-hybridized carbons (Fsp3) is 0.294. The van der Waals surface area contributed by atoms with Crippen molar-refractivity contribution in [1.29, 1.82) is 0 Å². The van der Waals surface area contributed by atoms with Gasteiger partial charge in [0.2, 0.25) is 0 Å². The summed E-state index contributed by atoms with van der Waals surface area (Å²) < 4.78 is 18.8. The molecule has 0 aromatic heterocycles. The van der Waals surface area contributed by atoms with E-state index >= 15 is 0 Å². The molecule has 1 atom stereocenters. The molecule has 0 bridgehead atoms. The third-order valence-electron chi connectivity index (χ3n) is 3.69. The molecule has 0 fully saturated rings. The maximum atomic E-state index is 13.3. The van der Waals surface area contributed by atoms with Gasteiger partial charge in [0.1, 0.15) is 11.6 Å². The normalized spacial score (nSPS) is 14.5.